The highest BCUT2D eigenvalue weighted by Crippen LogP contribution is 2.40. The van der Waals surface area contributed by atoms with Gasteiger partial charge in [0.25, 0.3) is 0 Å². The minimum Gasteiger partial charge on any atom is -0.391 e. The zero-order chi connectivity index (χ0) is 24.7. The average Bonchev–Trinajstić information content (AvgIpc) is 3.41. The zero-order valence-corrected chi connectivity index (χ0v) is 20.4. The van der Waals surface area contributed by atoms with Gasteiger partial charge in [0.1, 0.15) is 5.56 Å². The molecule has 2 atom stereocenters. The fourth-order valence-electron chi connectivity index (χ4n) is 4.41. The molecule has 0 aromatic carbocycles. The Morgan fingerprint density at radius 3 is 2.47 bits per heavy atom. The maximum Gasteiger partial charge on any atom is 0.420 e. The van der Waals surface area contributed by atoms with E-state index >= 15 is 0 Å². The number of hydrogen-bond acceptors (Lipinski definition) is 9. The summed E-state index contributed by atoms with van der Waals surface area (Å²) in [5.74, 6) is 0.0512. The second-order valence-corrected chi connectivity index (χ2v) is 11.7. The first-order valence-electron chi connectivity index (χ1n) is 11.0. The molecule has 1 saturated heterocycles. The first kappa shape index (κ1) is 25.1. The normalized spacial score (nSPS) is 22.8. The van der Waals surface area contributed by atoms with E-state index in [2.05, 4.69) is 20.3 Å². The number of halogens is 3. The van der Waals surface area contributed by atoms with Gasteiger partial charge in [-0.05, 0) is 32.1 Å². The lowest BCUT2D eigenvalue weighted by molar-refractivity contribution is -0.137. The monoisotopic (exact) mass is 520 g/mol. The predicted octanol–water partition coefficient (Wildman–Crippen LogP) is 2.80. The van der Waals surface area contributed by atoms with E-state index in [1.807, 2.05) is 4.90 Å². The van der Waals surface area contributed by atoms with Crippen LogP contribution in [-0.2, 0) is 16.2 Å². The highest BCUT2D eigenvalue weighted by molar-refractivity contribution is 7.88. The Kier molecular flexibility index (Phi) is 7.04. The molecule has 0 amide bonds. The molecule has 2 N–H and O–H groups in total. The van der Waals surface area contributed by atoms with Crippen LogP contribution in [-0.4, -0.2) is 77.4 Å². The highest BCUT2D eigenvalue weighted by Gasteiger charge is 2.37. The molecule has 1 aliphatic heterocycles. The Bertz CT molecular complexity index is 1120. The van der Waals surface area contributed by atoms with Crippen molar-refractivity contribution in [3.63, 3.8) is 0 Å². The third-order valence-corrected chi connectivity index (χ3v) is 8.72. The van der Waals surface area contributed by atoms with Gasteiger partial charge >= 0.3 is 6.18 Å². The van der Waals surface area contributed by atoms with E-state index in [4.69, 9.17) is 0 Å². The number of rotatable bonds is 6. The Balaban J connectivity index is 1.56. The lowest BCUT2D eigenvalue weighted by Crippen LogP contribution is -2.42. The lowest BCUT2D eigenvalue weighted by atomic mass is 10.1. The van der Waals surface area contributed by atoms with Gasteiger partial charge in [-0.15, -0.1) is 0 Å². The maximum absolute atomic E-state index is 13.7. The zero-order valence-electron chi connectivity index (χ0n) is 18.8. The van der Waals surface area contributed by atoms with Gasteiger partial charge in [0.05, 0.1) is 29.0 Å². The van der Waals surface area contributed by atoms with Crippen LogP contribution in [0.2, 0.25) is 0 Å². The van der Waals surface area contributed by atoms with Crippen molar-refractivity contribution in [3.8, 4) is 10.6 Å². The van der Waals surface area contributed by atoms with E-state index in [0.29, 0.717) is 37.5 Å². The summed E-state index contributed by atoms with van der Waals surface area (Å²) >= 11 is 1.08. The van der Waals surface area contributed by atoms with Crippen LogP contribution in [0.5, 0.6) is 0 Å². The van der Waals surface area contributed by atoms with Gasteiger partial charge < -0.3 is 15.3 Å². The molecule has 2 aromatic rings. The molecular formula is C20H27F3N6O3S2. The van der Waals surface area contributed by atoms with E-state index < -0.39 is 27.9 Å². The number of anilines is 2. The number of likely N-dealkylation sites (N-methyl/N-ethyl adjacent to an activating group) is 1. The molecule has 1 aliphatic carbocycles. The van der Waals surface area contributed by atoms with E-state index in [-0.39, 0.29) is 28.6 Å². The number of piperidine rings is 1. The van der Waals surface area contributed by atoms with Crippen LogP contribution in [0.1, 0.15) is 37.7 Å². The van der Waals surface area contributed by atoms with Gasteiger partial charge in [-0.3, -0.25) is 0 Å². The average molecular weight is 521 g/mol. The van der Waals surface area contributed by atoms with E-state index in [0.717, 1.165) is 36.6 Å². The summed E-state index contributed by atoms with van der Waals surface area (Å²) in [6.07, 6.45) is 1.49. The van der Waals surface area contributed by atoms with E-state index in [9.17, 15) is 26.7 Å². The van der Waals surface area contributed by atoms with Crippen LogP contribution < -0.4 is 10.2 Å². The molecule has 9 nitrogen and oxygen atoms in total. The van der Waals surface area contributed by atoms with Crippen molar-refractivity contribution in [2.75, 3.05) is 36.6 Å². The molecule has 2 aromatic heterocycles. The van der Waals surface area contributed by atoms with Crippen LogP contribution >= 0.6 is 11.3 Å². The summed E-state index contributed by atoms with van der Waals surface area (Å²) in [6.45, 7) is 0.642. The van der Waals surface area contributed by atoms with Crippen molar-refractivity contribution in [2.24, 2.45) is 0 Å². The molecular weight excluding hydrogens is 493 g/mol. The molecule has 1 saturated carbocycles. The Morgan fingerprint density at radius 2 is 1.88 bits per heavy atom. The fourth-order valence-corrected chi connectivity index (χ4v) is 6.23. The number of nitrogens with zero attached hydrogens (tertiary/aromatic N) is 5. The molecule has 0 radical (unpaired) electrons. The van der Waals surface area contributed by atoms with Gasteiger partial charge in [-0.2, -0.15) is 13.2 Å². The van der Waals surface area contributed by atoms with E-state index in [1.54, 1.807) is 7.05 Å². The smallest absolute Gasteiger partial charge is 0.391 e. The first-order chi connectivity index (χ1) is 15.9. The Labute approximate surface area is 200 Å². The molecule has 4 rings (SSSR count). The number of aliphatic hydroxyl groups excluding tert-OH is 1. The van der Waals surface area contributed by atoms with E-state index in [1.165, 1.54) is 10.5 Å². The minimum atomic E-state index is -4.65. The van der Waals surface area contributed by atoms with Gasteiger partial charge in [-0.1, -0.05) is 11.3 Å². The van der Waals surface area contributed by atoms with Crippen molar-refractivity contribution in [1.29, 1.82) is 0 Å². The second kappa shape index (κ2) is 9.55. The molecule has 3 heterocycles. The number of alkyl halides is 3. The van der Waals surface area contributed by atoms with Gasteiger partial charge in [0.15, 0.2) is 5.13 Å². The van der Waals surface area contributed by atoms with Crippen molar-refractivity contribution in [1.82, 2.24) is 19.3 Å². The van der Waals surface area contributed by atoms with Crippen molar-refractivity contribution < 1.29 is 26.7 Å². The summed E-state index contributed by atoms with van der Waals surface area (Å²) in [6, 6.07) is -0.281. The van der Waals surface area contributed by atoms with Gasteiger partial charge in [-0.25, -0.2) is 27.7 Å². The molecule has 0 unspecified atom stereocenters. The fraction of sp³-hybridized carbons (Fsp3) is 0.650. The third-order valence-electron chi connectivity index (χ3n) is 6.32. The minimum absolute atomic E-state index is 0.0512. The summed E-state index contributed by atoms with van der Waals surface area (Å²) in [4.78, 5) is 14.4. The summed E-state index contributed by atoms with van der Waals surface area (Å²) in [7, 11) is -1.50. The standard InChI is InChI=1S/C20H27F3N6O3S2/c1-28(14-4-3-5-15(14)30)19-25-11-16(33-19)17-13(20(21,22)23)10-24-18(27-17)26-12-6-8-29(9-7-12)34(2,31)32/h10-12,14-15,30H,3-9H2,1-2H3,(H,24,26,27)/t14-,15-/m1/s1. The summed E-state index contributed by atoms with van der Waals surface area (Å²) in [5, 5.41) is 13.7. The number of aliphatic hydroxyl groups is 1. The second-order valence-electron chi connectivity index (χ2n) is 8.72. The number of aromatic nitrogens is 3. The quantitative estimate of drug-likeness (QED) is 0.598. The van der Waals surface area contributed by atoms with Crippen molar-refractivity contribution >= 4 is 32.4 Å². The van der Waals surface area contributed by atoms with Gasteiger partial charge in [0.2, 0.25) is 16.0 Å². The van der Waals surface area contributed by atoms with Gasteiger partial charge in [0, 0.05) is 38.6 Å². The number of thiazole rings is 1. The van der Waals surface area contributed by atoms with Crippen LogP contribution in [0.15, 0.2) is 12.4 Å². The molecule has 188 valence electrons. The topological polar surface area (TPSA) is 112 Å². The summed E-state index contributed by atoms with van der Waals surface area (Å²) < 4.78 is 65.9. The molecule has 34 heavy (non-hydrogen) atoms. The molecule has 2 aliphatic rings. The summed E-state index contributed by atoms with van der Waals surface area (Å²) in [5.41, 5.74) is -1.22. The Morgan fingerprint density at radius 1 is 1.18 bits per heavy atom. The lowest BCUT2D eigenvalue weighted by Gasteiger charge is -2.30. The predicted molar refractivity (Wildman–Crippen MR) is 123 cm³/mol. The molecule has 14 heteroatoms. The number of nitrogens with one attached hydrogen (secondary N) is 1. The SMILES string of the molecule is CN(c1ncc(-c2nc(NC3CCN(S(C)(=O)=O)CC3)ncc2C(F)(F)F)s1)[C@@H]1CCC[C@H]1O. The van der Waals surface area contributed by atoms with Crippen molar-refractivity contribution in [3.05, 3.63) is 18.0 Å². The van der Waals surface area contributed by atoms with Crippen molar-refractivity contribution in [2.45, 2.75) is 56.5 Å². The molecule has 0 bridgehead atoms. The third kappa shape index (κ3) is 5.44. The molecule has 0 spiro atoms. The largest absolute Gasteiger partial charge is 0.420 e. The highest BCUT2D eigenvalue weighted by atomic mass is 32.2. The van der Waals surface area contributed by atoms with Crippen LogP contribution in [0.3, 0.4) is 0 Å². The maximum atomic E-state index is 13.7. The molecule has 2 fully saturated rings. The van der Waals surface area contributed by atoms with Crippen LogP contribution in [0.4, 0.5) is 24.3 Å². The number of sulfonamides is 1. The van der Waals surface area contributed by atoms with Crippen LogP contribution in [0, 0.1) is 0 Å². The Hall–Kier alpha value is -2.03. The first-order valence-corrected chi connectivity index (χ1v) is 13.6. The number of hydrogen-bond donors (Lipinski definition) is 2. The van der Waals surface area contributed by atoms with Crippen LogP contribution in [0.25, 0.3) is 10.6 Å².